The zero-order chi connectivity index (χ0) is 16.1. The molecule has 2 aromatic rings. The van der Waals surface area contributed by atoms with Crippen molar-refractivity contribution in [1.29, 1.82) is 0 Å². The largest absolute Gasteiger partial charge is 0.322 e. The van der Waals surface area contributed by atoms with E-state index in [9.17, 15) is 9.59 Å². The van der Waals surface area contributed by atoms with Gasteiger partial charge < -0.3 is 5.32 Å². The van der Waals surface area contributed by atoms with Crippen LogP contribution in [0.2, 0.25) is 5.02 Å². The molecule has 0 radical (unpaired) electrons. The monoisotopic (exact) mass is 313 g/mol. The minimum atomic E-state index is -0.244. The average Bonchev–Trinajstić information content (AvgIpc) is 2.55. The Morgan fingerprint density at radius 2 is 1.77 bits per heavy atom. The second-order valence-corrected chi connectivity index (χ2v) is 5.25. The van der Waals surface area contributed by atoms with E-state index in [1.807, 2.05) is 6.07 Å². The van der Waals surface area contributed by atoms with Gasteiger partial charge in [0, 0.05) is 21.7 Å². The number of rotatable bonds is 4. The fourth-order valence-corrected chi connectivity index (χ4v) is 2.08. The maximum absolute atomic E-state index is 12.6. The summed E-state index contributed by atoms with van der Waals surface area (Å²) in [5.74, 6) is -0.427. The van der Waals surface area contributed by atoms with Crippen LogP contribution >= 0.6 is 11.6 Å². The van der Waals surface area contributed by atoms with E-state index in [-0.39, 0.29) is 11.7 Å². The molecule has 0 heterocycles. The Balaban J connectivity index is 2.41. The number of carbonyl (C=O) groups excluding carboxylic acids is 2. The zero-order valence-electron chi connectivity index (χ0n) is 12.4. The molecule has 3 nitrogen and oxygen atoms in total. The van der Waals surface area contributed by atoms with E-state index in [0.717, 1.165) is 0 Å². The highest BCUT2D eigenvalue weighted by molar-refractivity contribution is 6.31. The summed E-state index contributed by atoms with van der Waals surface area (Å²) < 4.78 is 0. The molecule has 112 valence electrons. The predicted molar refractivity (Wildman–Crippen MR) is 89.4 cm³/mol. The maximum atomic E-state index is 12.6. The lowest BCUT2D eigenvalue weighted by Gasteiger charge is -2.11. The summed E-state index contributed by atoms with van der Waals surface area (Å²) >= 11 is 6.00. The summed E-state index contributed by atoms with van der Waals surface area (Å²) in [5.41, 5.74) is 1.94. The first-order valence-corrected chi connectivity index (χ1v) is 7.24. The Hall–Kier alpha value is -2.39. The molecule has 0 aliphatic carbocycles. The van der Waals surface area contributed by atoms with Gasteiger partial charge in [-0.25, -0.2) is 0 Å². The molecule has 0 saturated carbocycles. The number of carbonyl (C=O) groups is 2. The average molecular weight is 314 g/mol. The fraction of sp³-hybridized carbons (Fsp3) is 0.111. The van der Waals surface area contributed by atoms with Crippen LogP contribution in [0, 0.1) is 0 Å². The van der Waals surface area contributed by atoms with Crippen molar-refractivity contribution in [2.24, 2.45) is 0 Å². The molecule has 2 rings (SSSR count). The third-order valence-electron chi connectivity index (χ3n) is 3.30. The lowest BCUT2D eigenvalue weighted by Crippen LogP contribution is -2.15. The summed E-state index contributed by atoms with van der Waals surface area (Å²) in [6.45, 7) is 3.50. The van der Waals surface area contributed by atoms with Gasteiger partial charge in [-0.05, 0) is 32.0 Å². The van der Waals surface area contributed by atoms with Crippen molar-refractivity contribution in [3.05, 3.63) is 76.3 Å². The first-order valence-electron chi connectivity index (χ1n) is 6.86. The van der Waals surface area contributed by atoms with Crippen molar-refractivity contribution in [3.63, 3.8) is 0 Å². The summed E-state index contributed by atoms with van der Waals surface area (Å²) in [4.78, 5) is 24.6. The van der Waals surface area contributed by atoms with Gasteiger partial charge in [-0.3, -0.25) is 9.59 Å². The molecule has 2 aromatic carbocycles. The van der Waals surface area contributed by atoms with Crippen molar-refractivity contribution in [1.82, 2.24) is 0 Å². The van der Waals surface area contributed by atoms with E-state index in [2.05, 4.69) is 5.32 Å². The first kappa shape index (κ1) is 16.0. The molecule has 4 heteroatoms. The van der Waals surface area contributed by atoms with Crippen LogP contribution in [0.15, 0.2) is 60.2 Å². The Morgan fingerprint density at radius 3 is 2.41 bits per heavy atom. The maximum Gasteiger partial charge on any atom is 0.250 e. The summed E-state index contributed by atoms with van der Waals surface area (Å²) in [5, 5.41) is 3.20. The molecular weight excluding hydrogens is 298 g/mol. The van der Waals surface area contributed by atoms with Crippen molar-refractivity contribution < 1.29 is 9.59 Å². The standard InChI is InChI=1S/C18H16ClNO2/c1-3-12(2)18(22)20-16-10-9-14(19)11-15(16)17(21)13-7-5-4-6-8-13/h3-11H,1-2H3,(H,20,22)/b12-3+. The van der Waals surface area contributed by atoms with Gasteiger partial charge in [0.15, 0.2) is 5.78 Å². The number of anilines is 1. The number of hydrogen-bond acceptors (Lipinski definition) is 2. The lowest BCUT2D eigenvalue weighted by atomic mass is 10.0. The minimum Gasteiger partial charge on any atom is -0.322 e. The van der Waals surface area contributed by atoms with Gasteiger partial charge in [0.1, 0.15) is 0 Å². The van der Waals surface area contributed by atoms with E-state index in [0.29, 0.717) is 27.4 Å². The van der Waals surface area contributed by atoms with Crippen LogP contribution < -0.4 is 5.32 Å². The van der Waals surface area contributed by atoms with E-state index >= 15 is 0 Å². The molecule has 0 unspecified atom stereocenters. The molecule has 0 aliphatic rings. The first-order chi connectivity index (χ1) is 10.5. The zero-order valence-corrected chi connectivity index (χ0v) is 13.1. The number of allylic oxidation sites excluding steroid dienone is 1. The second-order valence-electron chi connectivity index (χ2n) is 4.81. The van der Waals surface area contributed by atoms with Crippen molar-refractivity contribution in [3.8, 4) is 0 Å². The number of ketones is 1. The highest BCUT2D eigenvalue weighted by Crippen LogP contribution is 2.24. The molecule has 0 aromatic heterocycles. The molecule has 0 saturated heterocycles. The van der Waals surface area contributed by atoms with Gasteiger partial charge in [0.05, 0.1) is 5.69 Å². The van der Waals surface area contributed by atoms with Gasteiger partial charge in [-0.15, -0.1) is 0 Å². The van der Waals surface area contributed by atoms with E-state index in [4.69, 9.17) is 11.6 Å². The van der Waals surface area contributed by atoms with Crippen LogP contribution in [0.1, 0.15) is 29.8 Å². The van der Waals surface area contributed by atoms with Crippen LogP contribution in [0.25, 0.3) is 0 Å². The Morgan fingerprint density at radius 1 is 1.09 bits per heavy atom. The third-order valence-corrected chi connectivity index (χ3v) is 3.54. The summed E-state index contributed by atoms with van der Waals surface area (Å²) in [7, 11) is 0. The Labute approximate surface area is 134 Å². The third kappa shape index (κ3) is 3.62. The summed E-state index contributed by atoms with van der Waals surface area (Å²) in [6.07, 6.45) is 1.71. The van der Waals surface area contributed by atoms with Gasteiger partial charge in [-0.1, -0.05) is 48.0 Å². The normalized spacial score (nSPS) is 11.1. The molecule has 22 heavy (non-hydrogen) atoms. The predicted octanol–water partition coefficient (Wildman–Crippen LogP) is 4.48. The SMILES string of the molecule is C/C=C(\C)C(=O)Nc1ccc(Cl)cc1C(=O)c1ccccc1. The van der Waals surface area contributed by atoms with Crippen molar-refractivity contribution in [2.75, 3.05) is 5.32 Å². The van der Waals surface area contributed by atoms with Gasteiger partial charge in [0.2, 0.25) is 0 Å². The fourth-order valence-electron chi connectivity index (χ4n) is 1.91. The van der Waals surface area contributed by atoms with E-state index in [1.165, 1.54) is 0 Å². The second kappa shape index (κ2) is 7.05. The lowest BCUT2D eigenvalue weighted by molar-refractivity contribution is -0.112. The smallest absolute Gasteiger partial charge is 0.250 e. The van der Waals surface area contributed by atoms with Crippen LogP contribution in [0.5, 0.6) is 0 Å². The highest BCUT2D eigenvalue weighted by Gasteiger charge is 2.16. The molecule has 0 bridgehead atoms. The van der Waals surface area contributed by atoms with Crippen LogP contribution in [0.3, 0.4) is 0 Å². The van der Waals surface area contributed by atoms with Crippen molar-refractivity contribution >= 4 is 29.0 Å². The number of hydrogen-bond donors (Lipinski definition) is 1. The number of amides is 1. The molecule has 0 atom stereocenters. The molecule has 1 N–H and O–H groups in total. The van der Waals surface area contributed by atoms with Gasteiger partial charge in [0.25, 0.3) is 5.91 Å². The Kier molecular flexibility index (Phi) is 5.12. The number of halogens is 1. The van der Waals surface area contributed by atoms with E-state index in [1.54, 1.807) is 62.4 Å². The molecule has 0 aliphatic heterocycles. The highest BCUT2D eigenvalue weighted by atomic mass is 35.5. The van der Waals surface area contributed by atoms with Crippen LogP contribution in [-0.2, 0) is 4.79 Å². The van der Waals surface area contributed by atoms with Crippen LogP contribution in [0.4, 0.5) is 5.69 Å². The van der Waals surface area contributed by atoms with Gasteiger partial charge in [-0.2, -0.15) is 0 Å². The van der Waals surface area contributed by atoms with E-state index < -0.39 is 0 Å². The van der Waals surface area contributed by atoms with Gasteiger partial charge >= 0.3 is 0 Å². The quantitative estimate of drug-likeness (QED) is 0.668. The topological polar surface area (TPSA) is 46.2 Å². The van der Waals surface area contributed by atoms with Crippen molar-refractivity contribution in [2.45, 2.75) is 13.8 Å². The molecular formula is C18H16ClNO2. The number of benzene rings is 2. The summed E-state index contributed by atoms with van der Waals surface area (Å²) in [6, 6.07) is 13.7. The molecule has 0 spiro atoms. The van der Waals surface area contributed by atoms with Crippen LogP contribution in [-0.4, -0.2) is 11.7 Å². The Bertz CT molecular complexity index is 736. The molecule has 1 amide bonds. The molecule has 0 fully saturated rings. The number of nitrogens with one attached hydrogen (secondary N) is 1. The minimum absolute atomic E-state index is 0.184.